The van der Waals surface area contributed by atoms with Gasteiger partial charge < -0.3 is 14.5 Å². The fourth-order valence-corrected chi connectivity index (χ4v) is 9.20. The van der Waals surface area contributed by atoms with Gasteiger partial charge in [0.15, 0.2) is 5.75 Å². The largest absolute Gasteiger partial charge is 0.454 e. The van der Waals surface area contributed by atoms with Gasteiger partial charge in [0.25, 0.3) is 0 Å². The highest BCUT2D eigenvalue weighted by atomic mass is 16.5. The van der Waals surface area contributed by atoms with Gasteiger partial charge in [-0.2, -0.15) is 0 Å². The Bertz CT molecular complexity index is 2950. The van der Waals surface area contributed by atoms with Gasteiger partial charge in [0.1, 0.15) is 5.75 Å². The van der Waals surface area contributed by atoms with Crippen LogP contribution in [0.25, 0.3) is 44.2 Å². The second kappa shape index (κ2) is 13.4. The maximum atomic E-state index is 7.08. The molecule has 58 heavy (non-hydrogen) atoms. The highest BCUT2D eigenvalue weighted by molar-refractivity contribution is 6.08. The summed E-state index contributed by atoms with van der Waals surface area (Å²) in [7, 11) is 0. The van der Waals surface area contributed by atoms with Crippen LogP contribution in [0.15, 0.2) is 206 Å². The number of ether oxygens (including phenoxy) is 1. The molecule has 3 nitrogen and oxygen atoms in total. The smallest absolute Gasteiger partial charge is 0.159 e. The number of para-hydroxylation sites is 2. The third-order valence-electron chi connectivity index (χ3n) is 12.0. The number of hydrogen-bond acceptors (Lipinski definition) is 3. The Morgan fingerprint density at radius 1 is 0.379 bits per heavy atom. The zero-order chi connectivity index (χ0) is 38.8. The van der Waals surface area contributed by atoms with Crippen LogP contribution >= 0.6 is 0 Å². The van der Waals surface area contributed by atoms with Gasteiger partial charge in [0, 0.05) is 44.8 Å². The summed E-state index contributed by atoms with van der Waals surface area (Å²) >= 11 is 0. The predicted octanol–water partition coefficient (Wildman–Crippen LogP) is 15.5. The summed E-state index contributed by atoms with van der Waals surface area (Å²) in [6, 6.07) is 74.1. The van der Waals surface area contributed by atoms with Gasteiger partial charge >= 0.3 is 0 Å². The van der Waals surface area contributed by atoms with Gasteiger partial charge in [0.2, 0.25) is 0 Å². The van der Waals surface area contributed by atoms with Gasteiger partial charge in [-0.1, -0.05) is 147 Å². The van der Waals surface area contributed by atoms with Crippen LogP contribution in [-0.2, 0) is 5.41 Å². The first-order valence-electron chi connectivity index (χ1n) is 20.0. The molecule has 0 saturated carbocycles. The number of hydrogen-bond donors (Lipinski definition) is 0. The Hall–Kier alpha value is -7.36. The molecular formula is C55H40N2O. The molecule has 0 radical (unpaired) electrons. The lowest BCUT2D eigenvalue weighted by atomic mass is 9.82. The van der Waals surface area contributed by atoms with E-state index in [0.29, 0.717) is 0 Å². The summed E-state index contributed by atoms with van der Waals surface area (Å²) < 4.78 is 7.08. The van der Waals surface area contributed by atoms with E-state index >= 15 is 0 Å². The molecule has 0 atom stereocenters. The minimum Gasteiger partial charge on any atom is -0.454 e. The molecule has 9 aromatic rings. The quantitative estimate of drug-likeness (QED) is 0.162. The molecule has 1 heterocycles. The molecule has 276 valence electrons. The van der Waals surface area contributed by atoms with E-state index in [1.54, 1.807) is 0 Å². The molecule has 0 unspecified atom stereocenters. The van der Waals surface area contributed by atoms with E-state index < -0.39 is 0 Å². The van der Waals surface area contributed by atoms with Crippen LogP contribution in [0.1, 0.15) is 25.0 Å². The van der Waals surface area contributed by atoms with Crippen molar-refractivity contribution in [1.29, 1.82) is 0 Å². The Morgan fingerprint density at radius 3 is 1.69 bits per heavy atom. The second-order valence-corrected chi connectivity index (χ2v) is 15.8. The monoisotopic (exact) mass is 744 g/mol. The highest BCUT2D eigenvalue weighted by Gasteiger charge is 2.36. The van der Waals surface area contributed by atoms with Crippen molar-refractivity contribution in [2.45, 2.75) is 19.3 Å². The number of fused-ring (bicyclic) bond motifs is 5. The number of benzene rings is 9. The lowest BCUT2D eigenvalue weighted by molar-refractivity contribution is 0.488. The molecule has 9 aromatic carbocycles. The molecular weight excluding hydrogens is 705 g/mol. The van der Waals surface area contributed by atoms with Crippen molar-refractivity contribution in [2.75, 3.05) is 9.80 Å². The molecule has 0 amide bonds. The Balaban J connectivity index is 1.08. The third-order valence-corrected chi connectivity index (χ3v) is 12.0. The molecule has 2 aliphatic rings. The van der Waals surface area contributed by atoms with Gasteiger partial charge in [-0.05, 0) is 117 Å². The highest BCUT2D eigenvalue weighted by Crippen LogP contribution is 2.55. The Labute approximate surface area is 339 Å². The lowest BCUT2D eigenvalue weighted by Gasteiger charge is -2.32. The molecule has 1 aliphatic heterocycles. The van der Waals surface area contributed by atoms with Crippen molar-refractivity contribution < 1.29 is 4.74 Å². The van der Waals surface area contributed by atoms with E-state index in [-0.39, 0.29) is 5.41 Å². The predicted molar refractivity (Wildman–Crippen MR) is 242 cm³/mol. The van der Waals surface area contributed by atoms with Gasteiger partial charge in [-0.25, -0.2) is 0 Å². The SMILES string of the molecule is CC1(C)c2ccccc2-c2ccc(N(c3ccc(-c4ccccc4)cc3)c3ccc4c(c3)-c3cccc5ccc(N(c6ccccc6)c6ccccc6)c(c35)O4)cc21. The molecule has 0 fully saturated rings. The molecule has 0 saturated heterocycles. The van der Waals surface area contributed by atoms with E-state index in [2.05, 4.69) is 230 Å². The average molecular weight is 745 g/mol. The van der Waals surface area contributed by atoms with Crippen LogP contribution in [0.3, 0.4) is 0 Å². The van der Waals surface area contributed by atoms with Gasteiger partial charge in [-0.3, -0.25) is 0 Å². The summed E-state index contributed by atoms with van der Waals surface area (Å²) in [6.07, 6.45) is 0. The zero-order valence-corrected chi connectivity index (χ0v) is 32.4. The molecule has 0 aromatic heterocycles. The van der Waals surface area contributed by atoms with E-state index in [9.17, 15) is 0 Å². The van der Waals surface area contributed by atoms with Crippen molar-refractivity contribution in [3.05, 3.63) is 217 Å². The van der Waals surface area contributed by atoms with Crippen LogP contribution in [-0.4, -0.2) is 0 Å². The first-order chi connectivity index (χ1) is 28.5. The fourth-order valence-electron chi connectivity index (χ4n) is 9.20. The van der Waals surface area contributed by atoms with Crippen molar-refractivity contribution in [1.82, 2.24) is 0 Å². The summed E-state index contributed by atoms with van der Waals surface area (Å²) in [4.78, 5) is 4.69. The summed E-state index contributed by atoms with van der Waals surface area (Å²) in [6.45, 7) is 4.69. The molecule has 0 spiro atoms. The number of rotatable bonds is 7. The van der Waals surface area contributed by atoms with E-state index in [1.165, 1.54) is 33.4 Å². The lowest BCUT2D eigenvalue weighted by Crippen LogP contribution is -2.16. The average Bonchev–Trinajstić information content (AvgIpc) is 3.51. The van der Waals surface area contributed by atoms with Crippen LogP contribution in [0.5, 0.6) is 11.5 Å². The Morgan fingerprint density at radius 2 is 0.948 bits per heavy atom. The molecule has 3 heteroatoms. The fraction of sp³-hybridized carbons (Fsp3) is 0.0545. The van der Waals surface area contributed by atoms with Crippen molar-refractivity contribution >= 4 is 44.9 Å². The van der Waals surface area contributed by atoms with Crippen molar-refractivity contribution in [3.8, 4) is 44.9 Å². The summed E-state index contributed by atoms with van der Waals surface area (Å²) in [5.74, 6) is 1.69. The summed E-state index contributed by atoms with van der Waals surface area (Å²) in [5.41, 5.74) is 16.2. The van der Waals surface area contributed by atoms with E-state index in [4.69, 9.17) is 4.74 Å². The first-order valence-corrected chi connectivity index (χ1v) is 20.0. The minimum absolute atomic E-state index is 0.126. The third kappa shape index (κ3) is 5.43. The second-order valence-electron chi connectivity index (χ2n) is 15.8. The van der Waals surface area contributed by atoms with Crippen LogP contribution < -0.4 is 14.5 Å². The Kier molecular flexibility index (Phi) is 7.84. The van der Waals surface area contributed by atoms with Crippen LogP contribution in [0.2, 0.25) is 0 Å². The molecule has 0 bridgehead atoms. The molecule has 0 N–H and O–H groups in total. The minimum atomic E-state index is -0.126. The topological polar surface area (TPSA) is 15.7 Å². The standard InChI is InChI=1S/C55H40N2O/c1-55(2)49-24-13-12-22-45(49)46-32-30-44(36-50(46)55)56(42-28-25-38(26-29-42)37-15-6-3-7-16-37)43-31-34-52-48(35-43)47-23-14-17-39-27-33-51(54(58-52)53(39)47)57(40-18-8-4-9-19-40)41-20-10-5-11-21-41/h3-36H,1-2H3. The van der Waals surface area contributed by atoms with Crippen molar-refractivity contribution in [2.24, 2.45) is 0 Å². The van der Waals surface area contributed by atoms with E-state index in [1.807, 2.05) is 0 Å². The van der Waals surface area contributed by atoms with Crippen molar-refractivity contribution in [3.63, 3.8) is 0 Å². The maximum absolute atomic E-state index is 7.08. The van der Waals surface area contributed by atoms with Crippen LogP contribution in [0, 0.1) is 0 Å². The number of nitrogens with zero attached hydrogens (tertiary/aromatic N) is 2. The first kappa shape index (κ1) is 33.9. The zero-order valence-electron chi connectivity index (χ0n) is 32.4. The summed E-state index contributed by atoms with van der Waals surface area (Å²) in [5, 5.41) is 2.25. The number of anilines is 6. The molecule has 11 rings (SSSR count). The van der Waals surface area contributed by atoms with E-state index in [0.717, 1.165) is 67.5 Å². The maximum Gasteiger partial charge on any atom is 0.159 e. The molecule has 1 aliphatic carbocycles. The van der Waals surface area contributed by atoms with Gasteiger partial charge in [-0.15, -0.1) is 0 Å². The normalized spacial score (nSPS) is 12.9. The van der Waals surface area contributed by atoms with Gasteiger partial charge in [0.05, 0.1) is 5.69 Å². The van der Waals surface area contributed by atoms with Crippen LogP contribution in [0.4, 0.5) is 34.1 Å².